The lowest BCUT2D eigenvalue weighted by atomic mass is 9.83. The van der Waals surface area contributed by atoms with Gasteiger partial charge in [-0.05, 0) is 30.3 Å². The summed E-state index contributed by atoms with van der Waals surface area (Å²) in [7, 11) is 3.09. The number of methoxy groups -OCH3 is 2. The van der Waals surface area contributed by atoms with Crippen LogP contribution in [0.25, 0.3) is 0 Å². The minimum atomic E-state index is -0.540. The van der Waals surface area contributed by atoms with Gasteiger partial charge in [-0.3, -0.25) is 0 Å². The summed E-state index contributed by atoms with van der Waals surface area (Å²) >= 11 is 0. The summed E-state index contributed by atoms with van der Waals surface area (Å²) in [4.78, 5) is 12.6. The largest absolute Gasteiger partial charge is 0.497 e. The van der Waals surface area contributed by atoms with E-state index in [9.17, 15) is 10.1 Å². The van der Waals surface area contributed by atoms with Crippen LogP contribution in [0.5, 0.6) is 23.0 Å². The van der Waals surface area contributed by atoms with E-state index >= 15 is 0 Å². The molecule has 7 nitrogen and oxygen atoms in total. The standard InChI is InChI=1S/C25H20N2O5/c1-29-16-7-5-6-15(12-16)25(28)31-17-10-11-19-22(13-17)32-24(27)20(14-26)23(19)18-8-3-4-9-21(18)30-2/h3-13,23H,27H2,1-2H3. The average molecular weight is 428 g/mol. The van der Waals surface area contributed by atoms with Gasteiger partial charge in [0.15, 0.2) is 0 Å². The van der Waals surface area contributed by atoms with Gasteiger partial charge in [0.25, 0.3) is 0 Å². The van der Waals surface area contributed by atoms with Crippen molar-refractivity contribution in [1.29, 1.82) is 5.26 Å². The number of carbonyl (C=O) groups is 1. The van der Waals surface area contributed by atoms with Gasteiger partial charge in [0.05, 0.1) is 25.7 Å². The third-order valence-electron chi connectivity index (χ3n) is 5.16. The van der Waals surface area contributed by atoms with E-state index in [-0.39, 0.29) is 17.2 Å². The Morgan fingerprint density at radius 1 is 0.969 bits per heavy atom. The quantitative estimate of drug-likeness (QED) is 0.481. The van der Waals surface area contributed by atoms with Crippen molar-refractivity contribution in [2.45, 2.75) is 5.92 Å². The smallest absolute Gasteiger partial charge is 0.343 e. The van der Waals surface area contributed by atoms with Crippen molar-refractivity contribution in [3.8, 4) is 29.1 Å². The number of nitriles is 1. The first-order chi connectivity index (χ1) is 15.5. The SMILES string of the molecule is COc1cccc(C(=O)Oc2ccc3c(c2)OC(N)=C(C#N)C3c2ccccc2OC)c1. The van der Waals surface area contributed by atoms with Gasteiger partial charge in [-0.25, -0.2) is 4.79 Å². The molecule has 1 heterocycles. The zero-order chi connectivity index (χ0) is 22.7. The molecule has 1 atom stereocenters. The van der Waals surface area contributed by atoms with Crippen molar-refractivity contribution in [2.75, 3.05) is 14.2 Å². The third kappa shape index (κ3) is 3.82. The number of nitrogens with two attached hydrogens (primary N) is 1. The summed E-state index contributed by atoms with van der Waals surface area (Å²) < 4.78 is 21.9. The van der Waals surface area contributed by atoms with Crippen LogP contribution in [0.15, 0.2) is 78.2 Å². The fourth-order valence-corrected chi connectivity index (χ4v) is 3.64. The molecule has 4 rings (SSSR count). The maximum atomic E-state index is 12.6. The minimum absolute atomic E-state index is 0.00724. The topological polar surface area (TPSA) is 104 Å². The molecule has 1 unspecified atom stereocenters. The zero-order valence-corrected chi connectivity index (χ0v) is 17.5. The molecule has 0 bridgehead atoms. The number of benzene rings is 3. The first kappa shape index (κ1) is 20.8. The molecule has 0 aromatic heterocycles. The molecular weight excluding hydrogens is 408 g/mol. The van der Waals surface area contributed by atoms with Crippen LogP contribution in [-0.2, 0) is 0 Å². The number of allylic oxidation sites excluding steroid dienone is 1. The van der Waals surface area contributed by atoms with E-state index in [0.717, 1.165) is 5.56 Å². The molecule has 1 aliphatic rings. The fourth-order valence-electron chi connectivity index (χ4n) is 3.64. The highest BCUT2D eigenvalue weighted by atomic mass is 16.5. The van der Waals surface area contributed by atoms with Crippen LogP contribution >= 0.6 is 0 Å². The van der Waals surface area contributed by atoms with Crippen molar-refractivity contribution in [1.82, 2.24) is 0 Å². The molecule has 3 aromatic carbocycles. The van der Waals surface area contributed by atoms with E-state index in [1.807, 2.05) is 24.3 Å². The van der Waals surface area contributed by atoms with Crippen molar-refractivity contribution in [3.63, 3.8) is 0 Å². The highest BCUT2D eigenvalue weighted by Crippen LogP contribution is 2.45. The number of hydrogen-bond donors (Lipinski definition) is 1. The van der Waals surface area contributed by atoms with E-state index < -0.39 is 11.9 Å². The molecule has 0 fully saturated rings. The van der Waals surface area contributed by atoms with Crippen molar-refractivity contribution >= 4 is 5.97 Å². The summed E-state index contributed by atoms with van der Waals surface area (Å²) in [5.41, 5.74) is 8.19. The normalized spacial score (nSPS) is 14.6. The molecule has 0 saturated carbocycles. The summed E-state index contributed by atoms with van der Waals surface area (Å²) in [6.07, 6.45) is 0. The van der Waals surface area contributed by atoms with Crippen LogP contribution < -0.4 is 24.7 Å². The Morgan fingerprint density at radius 3 is 2.53 bits per heavy atom. The highest BCUT2D eigenvalue weighted by Gasteiger charge is 2.32. The number of ether oxygens (including phenoxy) is 4. The highest BCUT2D eigenvalue weighted by molar-refractivity contribution is 5.91. The lowest BCUT2D eigenvalue weighted by Gasteiger charge is -2.27. The monoisotopic (exact) mass is 428 g/mol. The molecule has 0 aliphatic carbocycles. The van der Waals surface area contributed by atoms with Gasteiger partial charge in [-0.2, -0.15) is 5.26 Å². The Hall–Kier alpha value is -4.44. The lowest BCUT2D eigenvalue weighted by Crippen LogP contribution is -2.21. The van der Waals surface area contributed by atoms with E-state index in [0.29, 0.717) is 28.4 Å². The first-order valence-corrected chi connectivity index (χ1v) is 9.76. The number of rotatable bonds is 5. The number of para-hydroxylation sites is 1. The maximum Gasteiger partial charge on any atom is 0.343 e. The lowest BCUT2D eigenvalue weighted by molar-refractivity contribution is 0.0734. The van der Waals surface area contributed by atoms with Gasteiger partial charge in [-0.1, -0.05) is 30.3 Å². The number of hydrogen-bond acceptors (Lipinski definition) is 7. The number of carbonyl (C=O) groups excluding carboxylic acids is 1. The second kappa shape index (κ2) is 8.74. The molecule has 32 heavy (non-hydrogen) atoms. The molecule has 0 radical (unpaired) electrons. The van der Waals surface area contributed by atoms with E-state index in [1.54, 1.807) is 49.6 Å². The Kier molecular flexibility index (Phi) is 5.69. The van der Waals surface area contributed by atoms with E-state index in [4.69, 9.17) is 24.7 Å². The Balaban J connectivity index is 1.70. The molecule has 0 saturated heterocycles. The molecule has 7 heteroatoms. The van der Waals surface area contributed by atoms with Crippen molar-refractivity contribution in [3.05, 3.63) is 94.9 Å². The summed E-state index contributed by atoms with van der Waals surface area (Å²) in [6, 6.07) is 21.2. The Labute approximate surface area is 185 Å². The minimum Gasteiger partial charge on any atom is -0.497 e. The second-order valence-corrected chi connectivity index (χ2v) is 6.99. The van der Waals surface area contributed by atoms with Crippen LogP contribution in [0.3, 0.4) is 0 Å². The average Bonchev–Trinajstić information content (AvgIpc) is 2.83. The van der Waals surface area contributed by atoms with E-state index in [2.05, 4.69) is 6.07 Å². The summed E-state index contributed by atoms with van der Waals surface area (Å²) in [6.45, 7) is 0. The van der Waals surface area contributed by atoms with Crippen LogP contribution in [0, 0.1) is 11.3 Å². The Morgan fingerprint density at radius 2 is 1.78 bits per heavy atom. The van der Waals surface area contributed by atoms with Crippen LogP contribution in [-0.4, -0.2) is 20.2 Å². The third-order valence-corrected chi connectivity index (χ3v) is 5.16. The summed E-state index contributed by atoms with van der Waals surface area (Å²) in [5.74, 6) is 0.823. The number of fused-ring (bicyclic) bond motifs is 1. The molecule has 1 aliphatic heterocycles. The first-order valence-electron chi connectivity index (χ1n) is 9.76. The van der Waals surface area contributed by atoms with Crippen molar-refractivity contribution in [2.24, 2.45) is 5.73 Å². The Bertz CT molecular complexity index is 1260. The number of nitrogens with zero attached hydrogens (tertiary/aromatic N) is 1. The van der Waals surface area contributed by atoms with Gasteiger partial charge < -0.3 is 24.7 Å². The van der Waals surface area contributed by atoms with Gasteiger partial charge in [0, 0.05) is 17.2 Å². The van der Waals surface area contributed by atoms with Crippen molar-refractivity contribution < 1.29 is 23.7 Å². The van der Waals surface area contributed by atoms with Gasteiger partial charge in [-0.15, -0.1) is 0 Å². The molecule has 0 spiro atoms. The zero-order valence-electron chi connectivity index (χ0n) is 17.5. The van der Waals surface area contributed by atoms with Crippen LogP contribution in [0.4, 0.5) is 0 Å². The molecule has 0 amide bonds. The predicted octanol–water partition coefficient (Wildman–Crippen LogP) is 4.14. The fraction of sp³-hybridized carbons (Fsp3) is 0.120. The second-order valence-electron chi connectivity index (χ2n) is 6.99. The van der Waals surface area contributed by atoms with Crippen LogP contribution in [0.1, 0.15) is 27.4 Å². The van der Waals surface area contributed by atoms with Crippen LogP contribution in [0.2, 0.25) is 0 Å². The van der Waals surface area contributed by atoms with Gasteiger partial charge >= 0.3 is 5.97 Å². The van der Waals surface area contributed by atoms with Gasteiger partial charge in [0.1, 0.15) is 34.6 Å². The maximum absolute atomic E-state index is 12.6. The predicted molar refractivity (Wildman–Crippen MR) is 117 cm³/mol. The van der Waals surface area contributed by atoms with Gasteiger partial charge in [0.2, 0.25) is 5.88 Å². The molecule has 2 N–H and O–H groups in total. The number of esters is 1. The molecule has 160 valence electrons. The van der Waals surface area contributed by atoms with E-state index in [1.165, 1.54) is 7.11 Å². The summed E-state index contributed by atoms with van der Waals surface area (Å²) in [5, 5.41) is 9.74. The molecule has 3 aromatic rings. The molecular formula is C25H20N2O5.